The smallest absolute Gasteiger partial charge is 0.120 e. The maximum absolute atomic E-state index is 10.00. The van der Waals surface area contributed by atoms with Crippen LogP contribution in [0.4, 0.5) is 0 Å². The Kier molecular flexibility index (Phi) is 7.29. The van der Waals surface area contributed by atoms with E-state index in [2.05, 4.69) is 13.8 Å². The number of phenols is 1. The molecule has 4 heteroatoms. The van der Waals surface area contributed by atoms with Crippen molar-refractivity contribution in [1.29, 1.82) is 0 Å². The number of hydrogen-bond acceptors (Lipinski definition) is 3. The lowest BCUT2D eigenvalue weighted by Gasteiger charge is -2.21. The molecule has 0 unspecified atom stereocenters. The number of halogens is 1. The summed E-state index contributed by atoms with van der Waals surface area (Å²) >= 11 is 0. The maximum atomic E-state index is 10.00. The van der Waals surface area contributed by atoms with Gasteiger partial charge in [-0.05, 0) is 31.7 Å². The monoisotopic (exact) mass is 273 g/mol. The minimum absolute atomic E-state index is 0. The van der Waals surface area contributed by atoms with Gasteiger partial charge in [-0.15, -0.1) is 12.4 Å². The molecular formula is C14H24ClNO2. The Labute approximate surface area is 115 Å². The summed E-state index contributed by atoms with van der Waals surface area (Å²) in [6, 6.07) is 4.76. The molecule has 4 N–H and O–H groups in total. The van der Waals surface area contributed by atoms with E-state index in [1.165, 1.54) is 0 Å². The van der Waals surface area contributed by atoms with Crippen molar-refractivity contribution in [2.24, 2.45) is 11.7 Å². The van der Waals surface area contributed by atoms with E-state index < -0.39 is 12.1 Å². The Hall–Kier alpha value is -0.770. The number of aryl methyl sites for hydroxylation is 1. The number of hydrogen-bond donors (Lipinski definition) is 3. The summed E-state index contributed by atoms with van der Waals surface area (Å²) in [5, 5.41) is 19.7. The van der Waals surface area contributed by atoms with E-state index >= 15 is 0 Å². The maximum Gasteiger partial charge on any atom is 0.120 e. The molecule has 0 heterocycles. The molecule has 0 saturated carbocycles. The third-order valence-corrected chi connectivity index (χ3v) is 3.00. The lowest BCUT2D eigenvalue weighted by Crippen LogP contribution is -2.26. The molecule has 104 valence electrons. The van der Waals surface area contributed by atoms with Gasteiger partial charge in [0.25, 0.3) is 0 Å². The molecule has 0 fully saturated rings. The Bertz CT molecular complexity index is 369. The van der Waals surface area contributed by atoms with Crippen LogP contribution in [0.25, 0.3) is 0 Å². The molecule has 0 aliphatic carbocycles. The van der Waals surface area contributed by atoms with Crippen molar-refractivity contribution < 1.29 is 10.2 Å². The van der Waals surface area contributed by atoms with Crippen LogP contribution in [-0.4, -0.2) is 16.3 Å². The van der Waals surface area contributed by atoms with E-state index in [0.717, 1.165) is 12.0 Å². The summed E-state index contributed by atoms with van der Waals surface area (Å²) in [6.45, 7) is 6.17. The van der Waals surface area contributed by atoms with Crippen LogP contribution in [0.3, 0.4) is 0 Å². The topological polar surface area (TPSA) is 66.5 Å². The number of aliphatic hydroxyl groups is 1. The molecular weight excluding hydrogens is 250 g/mol. The van der Waals surface area contributed by atoms with Crippen molar-refractivity contribution in [2.45, 2.75) is 45.8 Å². The van der Waals surface area contributed by atoms with E-state index in [0.29, 0.717) is 17.9 Å². The Morgan fingerprint density at radius 2 is 1.83 bits per heavy atom. The van der Waals surface area contributed by atoms with Crippen LogP contribution >= 0.6 is 12.4 Å². The third-order valence-electron chi connectivity index (χ3n) is 3.00. The van der Waals surface area contributed by atoms with Crippen LogP contribution in [0.5, 0.6) is 5.75 Å². The predicted molar refractivity (Wildman–Crippen MR) is 77.1 cm³/mol. The van der Waals surface area contributed by atoms with E-state index in [1.54, 1.807) is 6.07 Å². The summed E-state index contributed by atoms with van der Waals surface area (Å²) in [5.41, 5.74) is 7.64. The van der Waals surface area contributed by atoms with Gasteiger partial charge in [0.2, 0.25) is 0 Å². The molecule has 1 aromatic carbocycles. The Morgan fingerprint density at radius 1 is 1.22 bits per heavy atom. The van der Waals surface area contributed by atoms with Gasteiger partial charge in [-0.2, -0.15) is 0 Å². The predicted octanol–water partition coefficient (Wildman–Crippen LogP) is 2.92. The van der Waals surface area contributed by atoms with Crippen molar-refractivity contribution in [3.05, 3.63) is 29.3 Å². The second-order valence-corrected chi connectivity index (χ2v) is 5.13. The summed E-state index contributed by atoms with van der Waals surface area (Å²) in [7, 11) is 0. The Morgan fingerprint density at radius 3 is 2.39 bits per heavy atom. The van der Waals surface area contributed by atoms with Crippen molar-refractivity contribution >= 4 is 12.4 Å². The lowest BCUT2D eigenvalue weighted by molar-refractivity contribution is 0.127. The molecule has 1 rings (SSSR count). The van der Waals surface area contributed by atoms with Gasteiger partial charge in [0.15, 0.2) is 0 Å². The highest BCUT2D eigenvalue weighted by molar-refractivity contribution is 5.85. The van der Waals surface area contributed by atoms with Crippen molar-refractivity contribution in [1.82, 2.24) is 0 Å². The fraction of sp³-hybridized carbons (Fsp3) is 0.571. The first-order valence-electron chi connectivity index (χ1n) is 6.15. The number of benzene rings is 1. The molecule has 0 amide bonds. The standard InChI is InChI=1S/C14H23NO2.ClH/c1-9(2)4-6-13(17)14(15)11-8-10(3)5-7-12(11)16;/h5,7-9,13-14,16-17H,4,6,15H2,1-3H3;1H/t13-,14+;/m1./s1. The van der Waals surface area contributed by atoms with Crippen LogP contribution in [0, 0.1) is 12.8 Å². The largest absolute Gasteiger partial charge is 0.508 e. The van der Waals surface area contributed by atoms with Gasteiger partial charge in [-0.25, -0.2) is 0 Å². The van der Waals surface area contributed by atoms with Gasteiger partial charge in [0, 0.05) is 5.56 Å². The molecule has 18 heavy (non-hydrogen) atoms. The molecule has 1 aromatic rings. The Balaban J connectivity index is 0.00000289. The normalized spacial score (nSPS) is 14.1. The van der Waals surface area contributed by atoms with Crippen LogP contribution in [0.15, 0.2) is 18.2 Å². The minimum Gasteiger partial charge on any atom is -0.508 e. The van der Waals surface area contributed by atoms with Gasteiger partial charge in [-0.3, -0.25) is 0 Å². The first-order chi connectivity index (χ1) is 7.91. The molecule has 0 radical (unpaired) electrons. The third kappa shape index (κ3) is 4.84. The van der Waals surface area contributed by atoms with Gasteiger partial charge < -0.3 is 15.9 Å². The zero-order valence-corrected chi connectivity index (χ0v) is 12.1. The zero-order valence-electron chi connectivity index (χ0n) is 11.3. The molecule has 2 atom stereocenters. The van der Waals surface area contributed by atoms with Gasteiger partial charge in [0.05, 0.1) is 12.1 Å². The average Bonchev–Trinajstić information content (AvgIpc) is 2.28. The molecule has 0 aromatic heterocycles. The molecule has 3 nitrogen and oxygen atoms in total. The molecule has 0 saturated heterocycles. The van der Waals surface area contributed by atoms with E-state index in [1.807, 2.05) is 19.1 Å². The van der Waals surface area contributed by atoms with E-state index in [4.69, 9.17) is 5.73 Å². The number of aliphatic hydroxyl groups excluding tert-OH is 1. The summed E-state index contributed by atoms with van der Waals surface area (Å²) in [5.74, 6) is 0.703. The lowest BCUT2D eigenvalue weighted by atomic mass is 9.94. The van der Waals surface area contributed by atoms with Gasteiger partial charge in [-0.1, -0.05) is 31.5 Å². The van der Waals surface area contributed by atoms with Crippen LogP contribution in [0.1, 0.15) is 43.9 Å². The SMILES string of the molecule is Cc1ccc(O)c([C@H](N)[C@H](O)CCC(C)C)c1.Cl. The summed E-state index contributed by atoms with van der Waals surface area (Å²) in [6.07, 6.45) is 0.985. The molecule has 0 spiro atoms. The summed E-state index contributed by atoms with van der Waals surface area (Å²) < 4.78 is 0. The first kappa shape index (κ1) is 17.2. The number of rotatable bonds is 5. The van der Waals surface area contributed by atoms with E-state index in [-0.39, 0.29) is 18.2 Å². The highest BCUT2D eigenvalue weighted by Crippen LogP contribution is 2.27. The number of phenolic OH excluding ortho intramolecular Hbond substituents is 1. The highest BCUT2D eigenvalue weighted by Gasteiger charge is 2.19. The first-order valence-corrected chi connectivity index (χ1v) is 6.15. The van der Waals surface area contributed by atoms with E-state index in [9.17, 15) is 10.2 Å². The number of nitrogens with two attached hydrogens (primary N) is 1. The fourth-order valence-electron chi connectivity index (χ4n) is 1.83. The molecule has 0 bridgehead atoms. The van der Waals surface area contributed by atoms with Crippen LogP contribution in [-0.2, 0) is 0 Å². The van der Waals surface area contributed by atoms with Crippen LogP contribution in [0.2, 0.25) is 0 Å². The van der Waals surface area contributed by atoms with Gasteiger partial charge >= 0.3 is 0 Å². The average molecular weight is 274 g/mol. The summed E-state index contributed by atoms with van der Waals surface area (Å²) in [4.78, 5) is 0. The van der Waals surface area contributed by atoms with Crippen molar-refractivity contribution in [3.63, 3.8) is 0 Å². The van der Waals surface area contributed by atoms with Crippen molar-refractivity contribution in [2.75, 3.05) is 0 Å². The highest BCUT2D eigenvalue weighted by atomic mass is 35.5. The van der Waals surface area contributed by atoms with Crippen LogP contribution < -0.4 is 5.73 Å². The minimum atomic E-state index is -0.606. The second-order valence-electron chi connectivity index (χ2n) is 5.13. The van der Waals surface area contributed by atoms with Gasteiger partial charge in [0.1, 0.15) is 5.75 Å². The second kappa shape index (κ2) is 7.62. The van der Waals surface area contributed by atoms with Crippen molar-refractivity contribution in [3.8, 4) is 5.75 Å². The molecule has 0 aliphatic rings. The zero-order chi connectivity index (χ0) is 13.0. The number of aromatic hydroxyl groups is 1. The quantitative estimate of drug-likeness (QED) is 0.773. The molecule has 0 aliphatic heterocycles. The fourth-order valence-corrected chi connectivity index (χ4v) is 1.83.